The molecule has 238 valence electrons. The molecule has 4 aromatic rings. The Balaban J connectivity index is 0.000000248. The maximum Gasteiger partial charge on any atom is 0.235 e. The van der Waals surface area contributed by atoms with Gasteiger partial charge in [0.25, 0.3) is 0 Å². The van der Waals surface area contributed by atoms with E-state index in [1.165, 1.54) is 27.6 Å². The van der Waals surface area contributed by atoms with Crippen LogP contribution < -0.4 is 9.80 Å². The highest BCUT2D eigenvalue weighted by Crippen LogP contribution is 2.32. The fraction of sp³-hybridized carbons (Fsp3) is 0.414. The molecular formula is C29H36N10O2S4. The van der Waals surface area contributed by atoms with E-state index in [0.29, 0.717) is 21.0 Å². The molecule has 0 radical (unpaired) electrons. The van der Waals surface area contributed by atoms with Crippen molar-refractivity contribution in [2.45, 2.75) is 27.7 Å². The van der Waals surface area contributed by atoms with Crippen LogP contribution in [0.4, 0.5) is 10.3 Å². The minimum Gasteiger partial charge on any atom is -0.289 e. The number of nitriles is 1. The van der Waals surface area contributed by atoms with E-state index in [2.05, 4.69) is 34.7 Å². The van der Waals surface area contributed by atoms with Crippen molar-refractivity contribution in [3.05, 3.63) is 49.1 Å². The number of amides is 2. The molecule has 4 heterocycles. The second kappa shape index (κ2) is 16.1. The summed E-state index contributed by atoms with van der Waals surface area (Å²) in [6.45, 7) is 7.60. The quantitative estimate of drug-likeness (QED) is 0.197. The number of thioether (sulfide) groups is 1. The zero-order valence-corrected chi connectivity index (χ0v) is 29.7. The first-order chi connectivity index (χ1) is 21.3. The van der Waals surface area contributed by atoms with Gasteiger partial charge >= 0.3 is 0 Å². The standard InChI is InChI=1S/C15H18N6OS2.C14H18N4OS2/c1-15(2,9-24(4)18-10-16)13(22)21(3)14-20-19-12(23-14)11-6-5-7-17-8-11;1-14(2,9-20-4)12(19)18(3)13-17-16-11(21-13)10-6-5-7-15-8-10/h5-8H,9H2,1-4H3;5-8H,9H2,1-4H3. The summed E-state index contributed by atoms with van der Waals surface area (Å²) in [5.74, 6) is 1.25. The number of nitrogens with zero attached hydrogens (tertiary/aromatic N) is 10. The van der Waals surface area contributed by atoms with Gasteiger partial charge in [-0.05, 0) is 36.8 Å². The molecule has 0 fully saturated rings. The van der Waals surface area contributed by atoms with E-state index < -0.39 is 21.5 Å². The van der Waals surface area contributed by atoms with Gasteiger partial charge in [0.2, 0.25) is 28.3 Å². The summed E-state index contributed by atoms with van der Waals surface area (Å²) in [5.41, 5.74) is 0.705. The molecule has 0 N–H and O–H groups in total. The average molecular weight is 685 g/mol. The highest BCUT2D eigenvalue weighted by molar-refractivity contribution is 7.98. The molecule has 45 heavy (non-hydrogen) atoms. The molecule has 1 unspecified atom stereocenters. The topological polar surface area (TPSA) is 154 Å². The summed E-state index contributed by atoms with van der Waals surface area (Å²) in [6.07, 6.45) is 12.5. The van der Waals surface area contributed by atoms with Gasteiger partial charge in [0.1, 0.15) is 0 Å². The maximum absolute atomic E-state index is 12.8. The van der Waals surface area contributed by atoms with Crippen molar-refractivity contribution in [2.75, 3.05) is 47.9 Å². The van der Waals surface area contributed by atoms with Crippen LogP contribution in [0.25, 0.3) is 21.1 Å². The van der Waals surface area contributed by atoms with Gasteiger partial charge in [-0.25, -0.2) is 0 Å². The Bertz CT molecular complexity index is 1650. The van der Waals surface area contributed by atoms with Crippen LogP contribution in [-0.4, -0.2) is 80.3 Å². The predicted molar refractivity (Wildman–Crippen MR) is 185 cm³/mol. The molecule has 0 aliphatic rings. The second-order valence-corrected chi connectivity index (χ2v) is 15.6. The summed E-state index contributed by atoms with van der Waals surface area (Å²) in [5, 5.41) is 27.8. The van der Waals surface area contributed by atoms with Crippen LogP contribution in [0.3, 0.4) is 0 Å². The van der Waals surface area contributed by atoms with E-state index in [0.717, 1.165) is 21.9 Å². The fourth-order valence-electron chi connectivity index (χ4n) is 4.10. The van der Waals surface area contributed by atoms with Gasteiger partial charge < -0.3 is 0 Å². The van der Waals surface area contributed by atoms with Crippen LogP contribution in [0.1, 0.15) is 27.7 Å². The van der Waals surface area contributed by atoms with Gasteiger partial charge in [0.15, 0.2) is 10.0 Å². The van der Waals surface area contributed by atoms with Crippen molar-refractivity contribution in [3.63, 3.8) is 0 Å². The molecule has 0 saturated carbocycles. The van der Waals surface area contributed by atoms with Crippen molar-refractivity contribution in [3.8, 4) is 27.3 Å². The lowest BCUT2D eigenvalue weighted by molar-refractivity contribution is -0.125. The minimum absolute atomic E-state index is 0.0470. The Kier molecular flexibility index (Phi) is 12.8. The molecule has 0 saturated heterocycles. The van der Waals surface area contributed by atoms with Crippen LogP contribution in [0, 0.1) is 22.3 Å². The lowest BCUT2D eigenvalue weighted by Crippen LogP contribution is -2.41. The predicted octanol–water partition coefficient (Wildman–Crippen LogP) is 5.45. The third kappa shape index (κ3) is 9.67. The lowest BCUT2D eigenvalue weighted by Gasteiger charge is -2.27. The first kappa shape index (κ1) is 35.8. The van der Waals surface area contributed by atoms with Crippen molar-refractivity contribution in [1.82, 2.24) is 30.4 Å². The van der Waals surface area contributed by atoms with Crippen LogP contribution >= 0.6 is 34.4 Å². The summed E-state index contributed by atoms with van der Waals surface area (Å²) in [7, 11) is 2.95. The molecule has 0 spiro atoms. The molecule has 12 nitrogen and oxygen atoms in total. The summed E-state index contributed by atoms with van der Waals surface area (Å²) in [4.78, 5) is 36.6. The maximum atomic E-state index is 12.8. The summed E-state index contributed by atoms with van der Waals surface area (Å²) >= 11 is 4.39. The Morgan fingerprint density at radius 1 is 0.889 bits per heavy atom. The number of hydrogen-bond donors (Lipinski definition) is 0. The number of hydrogen-bond acceptors (Lipinski definition) is 13. The number of anilines is 2. The van der Waals surface area contributed by atoms with E-state index in [-0.39, 0.29) is 11.8 Å². The molecule has 4 rings (SSSR count). The molecule has 0 aromatic carbocycles. The highest BCUT2D eigenvalue weighted by atomic mass is 32.2. The monoisotopic (exact) mass is 684 g/mol. The Hall–Kier alpha value is -3.65. The highest BCUT2D eigenvalue weighted by Gasteiger charge is 2.33. The van der Waals surface area contributed by atoms with E-state index in [4.69, 9.17) is 5.26 Å². The zero-order chi connectivity index (χ0) is 33.2. The normalized spacial score (nSPS) is 12.1. The molecular weight excluding hydrogens is 649 g/mol. The summed E-state index contributed by atoms with van der Waals surface area (Å²) < 4.78 is 3.80. The van der Waals surface area contributed by atoms with Crippen LogP contribution in [0.15, 0.2) is 53.4 Å². The number of carbonyl (C=O) groups is 2. The van der Waals surface area contributed by atoms with E-state index >= 15 is 0 Å². The first-order valence-corrected chi connectivity index (χ1v) is 18.3. The molecule has 2 amide bonds. The lowest BCUT2D eigenvalue weighted by atomic mass is 9.95. The second-order valence-electron chi connectivity index (χ2n) is 11.1. The third-order valence-electron chi connectivity index (χ3n) is 6.26. The molecule has 0 bridgehead atoms. The molecule has 0 aliphatic heterocycles. The molecule has 1 atom stereocenters. The number of pyridine rings is 2. The Labute approximate surface area is 278 Å². The number of aromatic nitrogens is 6. The van der Waals surface area contributed by atoms with Crippen molar-refractivity contribution in [1.29, 1.82) is 5.26 Å². The number of carbonyl (C=O) groups excluding carboxylic acids is 2. The van der Waals surface area contributed by atoms with E-state index in [1.54, 1.807) is 61.7 Å². The van der Waals surface area contributed by atoms with Gasteiger partial charge in [-0.15, -0.1) is 20.4 Å². The van der Waals surface area contributed by atoms with Gasteiger partial charge in [0, 0.05) is 61.5 Å². The Morgan fingerprint density at radius 3 is 1.76 bits per heavy atom. The van der Waals surface area contributed by atoms with Gasteiger partial charge in [0.05, 0.1) is 10.8 Å². The van der Waals surface area contributed by atoms with E-state index in [1.807, 2.05) is 64.5 Å². The SMILES string of the molecule is CN(C(=O)C(C)(C)CS(C)=NC#N)c1nnc(-c2cccnc2)s1.CSCC(C)(C)C(=O)N(C)c1nnc(-c2cccnc2)s1. The van der Waals surface area contributed by atoms with Crippen LogP contribution in [0.2, 0.25) is 0 Å². The van der Waals surface area contributed by atoms with Gasteiger partial charge in [-0.1, -0.05) is 61.1 Å². The van der Waals surface area contributed by atoms with Gasteiger partial charge in [-0.2, -0.15) is 21.4 Å². The van der Waals surface area contributed by atoms with Gasteiger partial charge in [-0.3, -0.25) is 29.4 Å². The van der Waals surface area contributed by atoms with Crippen molar-refractivity contribution < 1.29 is 9.59 Å². The third-order valence-corrected chi connectivity index (χ3v) is 10.9. The molecule has 4 aromatic heterocycles. The Morgan fingerprint density at radius 2 is 1.36 bits per heavy atom. The largest absolute Gasteiger partial charge is 0.289 e. The average Bonchev–Trinajstić information content (AvgIpc) is 3.72. The zero-order valence-electron chi connectivity index (χ0n) is 26.5. The smallest absolute Gasteiger partial charge is 0.235 e. The molecule has 0 aliphatic carbocycles. The van der Waals surface area contributed by atoms with Crippen molar-refractivity contribution in [2.24, 2.45) is 15.2 Å². The van der Waals surface area contributed by atoms with Crippen molar-refractivity contribution >= 4 is 67.2 Å². The summed E-state index contributed by atoms with van der Waals surface area (Å²) in [6, 6.07) is 7.51. The van der Waals surface area contributed by atoms with E-state index in [9.17, 15) is 9.59 Å². The fourth-order valence-corrected chi connectivity index (χ4v) is 7.91. The molecule has 16 heteroatoms. The van der Waals surface area contributed by atoms with Crippen LogP contribution in [-0.2, 0) is 20.3 Å². The van der Waals surface area contributed by atoms with Crippen LogP contribution in [0.5, 0.6) is 0 Å². The number of rotatable bonds is 10. The minimum atomic E-state index is -0.646. The first-order valence-electron chi connectivity index (χ1n) is 13.6.